The van der Waals surface area contributed by atoms with Gasteiger partial charge in [0.25, 0.3) is 0 Å². The molecule has 0 aliphatic rings. The topological polar surface area (TPSA) is 68.9 Å². The summed E-state index contributed by atoms with van der Waals surface area (Å²) < 4.78 is 0.694. The number of carbonyl (C=O) groups is 1. The number of halogens is 1. The first-order valence-electron chi connectivity index (χ1n) is 8.03. The third kappa shape index (κ3) is 4.06. The van der Waals surface area contributed by atoms with E-state index in [1.807, 2.05) is 43.3 Å². The van der Waals surface area contributed by atoms with E-state index in [1.165, 1.54) is 17.7 Å². The number of hydrogen-bond donors (Lipinski definition) is 1. The van der Waals surface area contributed by atoms with Gasteiger partial charge in [-0.3, -0.25) is 4.79 Å². The number of nitrogens with two attached hydrogens (primary N) is 1. The molecule has 128 valence electrons. The fraction of sp³-hybridized carbons (Fsp3) is 0.211. The molecule has 4 nitrogen and oxygen atoms in total. The number of nitrogen functional groups attached to an aromatic ring is 1. The number of thiophene rings is 1. The van der Waals surface area contributed by atoms with Gasteiger partial charge < -0.3 is 5.73 Å². The van der Waals surface area contributed by atoms with Crippen LogP contribution in [0, 0.1) is 0 Å². The minimum absolute atomic E-state index is 0.147. The van der Waals surface area contributed by atoms with Crippen molar-refractivity contribution in [1.82, 2.24) is 9.97 Å². The molecule has 0 aliphatic heterocycles. The molecule has 0 unspecified atom stereocenters. The lowest BCUT2D eigenvalue weighted by molar-refractivity contribution is -0.113. The summed E-state index contributed by atoms with van der Waals surface area (Å²) in [7, 11) is 0. The highest BCUT2D eigenvalue weighted by atomic mass is 35.5. The average Bonchev–Trinajstić information content (AvgIpc) is 3.02. The van der Waals surface area contributed by atoms with Crippen LogP contribution in [0.25, 0.3) is 16.5 Å². The van der Waals surface area contributed by atoms with Gasteiger partial charge in [-0.25, -0.2) is 9.97 Å². The summed E-state index contributed by atoms with van der Waals surface area (Å²) in [5.74, 6) is 0.632. The molecule has 6 heteroatoms. The molecule has 3 aromatic rings. The molecule has 0 spiro atoms. The lowest BCUT2D eigenvalue weighted by atomic mass is 10.0. The van der Waals surface area contributed by atoms with E-state index in [1.54, 1.807) is 0 Å². The highest BCUT2D eigenvalue weighted by Crippen LogP contribution is 2.29. The number of fused-ring (bicyclic) bond motifs is 1. The predicted molar refractivity (Wildman–Crippen MR) is 105 cm³/mol. The van der Waals surface area contributed by atoms with E-state index in [0.29, 0.717) is 16.6 Å². The maximum atomic E-state index is 12.5. The van der Waals surface area contributed by atoms with Crippen LogP contribution in [-0.2, 0) is 11.2 Å². The first kappa shape index (κ1) is 17.6. The monoisotopic (exact) mass is 371 g/mol. The van der Waals surface area contributed by atoms with Gasteiger partial charge in [0, 0.05) is 22.3 Å². The molecule has 1 aromatic carbocycles. The summed E-state index contributed by atoms with van der Waals surface area (Å²) in [6, 6.07) is 9.68. The standard InChI is InChI=1S/C19H18ClN3OS/c1-2-13(17-8-9-18(20)25-17)16(24)5-3-4-12-6-7-14-15(10-12)22-11-23-19(14)21/h2,6-11H,3-5H2,1H3,(H2,21,22,23). The van der Waals surface area contributed by atoms with Crippen LogP contribution in [0.4, 0.5) is 5.82 Å². The van der Waals surface area contributed by atoms with Gasteiger partial charge in [0.05, 0.1) is 9.85 Å². The Bertz CT molecular complexity index is 949. The van der Waals surface area contributed by atoms with Crippen molar-refractivity contribution in [2.75, 3.05) is 5.73 Å². The minimum atomic E-state index is 0.147. The minimum Gasteiger partial charge on any atom is -0.383 e. The van der Waals surface area contributed by atoms with Crippen LogP contribution in [0.15, 0.2) is 42.7 Å². The third-order valence-corrected chi connectivity index (χ3v) is 5.29. The second-order valence-corrected chi connectivity index (χ2v) is 7.41. The molecule has 0 saturated heterocycles. The quantitative estimate of drug-likeness (QED) is 0.624. The number of allylic oxidation sites excluding steroid dienone is 2. The molecule has 0 fully saturated rings. The van der Waals surface area contributed by atoms with E-state index >= 15 is 0 Å². The van der Waals surface area contributed by atoms with Crippen molar-refractivity contribution in [3.05, 3.63) is 57.5 Å². The Balaban J connectivity index is 1.63. The van der Waals surface area contributed by atoms with Gasteiger partial charge in [-0.15, -0.1) is 11.3 Å². The average molecular weight is 372 g/mol. The van der Waals surface area contributed by atoms with Crippen molar-refractivity contribution in [2.45, 2.75) is 26.2 Å². The molecular formula is C19H18ClN3OS. The van der Waals surface area contributed by atoms with Gasteiger partial charge in [-0.05, 0) is 49.6 Å². The van der Waals surface area contributed by atoms with Crippen molar-refractivity contribution >= 4 is 51.0 Å². The lowest BCUT2D eigenvalue weighted by Gasteiger charge is -2.06. The number of carbonyl (C=O) groups excluding carboxylic acids is 1. The summed E-state index contributed by atoms with van der Waals surface area (Å²) in [5, 5.41) is 0.855. The number of benzene rings is 1. The molecule has 3 rings (SSSR count). The van der Waals surface area contributed by atoms with E-state index in [2.05, 4.69) is 9.97 Å². The summed E-state index contributed by atoms with van der Waals surface area (Å²) in [4.78, 5) is 21.7. The highest BCUT2D eigenvalue weighted by molar-refractivity contribution is 7.17. The Morgan fingerprint density at radius 1 is 1.28 bits per heavy atom. The molecule has 0 saturated carbocycles. The molecule has 2 heterocycles. The van der Waals surface area contributed by atoms with Crippen LogP contribution < -0.4 is 5.73 Å². The Kier molecular flexibility index (Phi) is 5.46. The maximum absolute atomic E-state index is 12.5. The van der Waals surface area contributed by atoms with Crippen molar-refractivity contribution in [1.29, 1.82) is 0 Å². The first-order chi connectivity index (χ1) is 12.1. The third-order valence-electron chi connectivity index (χ3n) is 4.03. The van der Waals surface area contributed by atoms with Gasteiger partial charge in [-0.2, -0.15) is 0 Å². The van der Waals surface area contributed by atoms with Crippen LogP contribution in [0.3, 0.4) is 0 Å². The summed E-state index contributed by atoms with van der Waals surface area (Å²) in [5.41, 5.74) is 8.56. The molecule has 0 aliphatic carbocycles. The van der Waals surface area contributed by atoms with E-state index in [0.717, 1.165) is 39.8 Å². The smallest absolute Gasteiger partial charge is 0.163 e. The normalized spacial score (nSPS) is 11.8. The predicted octanol–water partition coefficient (Wildman–Crippen LogP) is 4.92. The molecule has 0 atom stereocenters. The largest absolute Gasteiger partial charge is 0.383 e. The van der Waals surface area contributed by atoms with Gasteiger partial charge >= 0.3 is 0 Å². The van der Waals surface area contributed by atoms with E-state index in [-0.39, 0.29) is 5.78 Å². The van der Waals surface area contributed by atoms with E-state index in [9.17, 15) is 4.79 Å². The number of Topliss-reactive ketones (excluding diaryl/α,β-unsaturated/α-hetero) is 1. The molecule has 0 radical (unpaired) electrons. The summed E-state index contributed by atoms with van der Waals surface area (Å²) in [6.07, 6.45) is 5.42. The molecule has 0 bridgehead atoms. The zero-order valence-corrected chi connectivity index (χ0v) is 15.4. The number of rotatable bonds is 6. The van der Waals surface area contributed by atoms with E-state index < -0.39 is 0 Å². The number of aromatic nitrogens is 2. The van der Waals surface area contributed by atoms with Crippen molar-refractivity contribution in [3.8, 4) is 0 Å². The first-order valence-corrected chi connectivity index (χ1v) is 9.22. The number of nitrogens with zero attached hydrogens (tertiary/aromatic N) is 2. The molecule has 2 N–H and O–H groups in total. The van der Waals surface area contributed by atoms with Crippen LogP contribution in [0.5, 0.6) is 0 Å². The second-order valence-electron chi connectivity index (χ2n) is 5.69. The van der Waals surface area contributed by atoms with Crippen molar-refractivity contribution < 1.29 is 4.79 Å². The lowest BCUT2D eigenvalue weighted by Crippen LogP contribution is -2.01. The summed E-state index contributed by atoms with van der Waals surface area (Å²) >= 11 is 7.40. The fourth-order valence-corrected chi connectivity index (χ4v) is 3.90. The van der Waals surface area contributed by atoms with Crippen LogP contribution in [0.2, 0.25) is 4.34 Å². The van der Waals surface area contributed by atoms with Crippen LogP contribution in [0.1, 0.15) is 30.2 Å². The molecule has 25 heavy (non-hydrogen) atoms. The van der Waals surface area contributed by atoms with Crippen LogP contribution >= 0.6 is 22.9 Å². The van der Waals surface area contributed by atoms with E-state index in [4.69, 9.17) is 17.3 Å². The second kappa shape index (κ2) is 7.76. The Labute approximate surface area is 155 Å². The van der Waals surface area contributed by atoms with Crippen molar-refractivity contribution in [2.24, 2.45) is 0 Å². The number of hydrogen-bond acceptors (Lipinski definition) is 5. The number of aryl methyl sites for hydroxylation is 1. The molecule has 2 aromatic heterocycles. The van der Waals surface area contributed by atoms with Gasteiger partial charge in [-0.1, -0.05) is 23.7 Å². The van der Waals surface area contributed by atoms with Gasteiger partial charge in [0.15, 0.2) is 5.78 Å². The number of anilines is 1. The van der Waals surface area contributed by atoms with Gasteiger partial charge in [0.1, 0.15) is 12.1 Å². The highest BCUT2D eigenvalue weighted by Gasteiger charge is 2.13. The zero-order chi connectivity index (χ0) is 17.8. The van der Waals surface area contributed by atoms with Gasteiger partial charge in [0.2, 0.25) is 0 Å². The Hall–Kier alpha value is -2.24. The van der Waals surface area contributed by atoms with Crippen molar-refractivity contribution in [3.63, 3.8) is 0 Å². The zero-order valence-electron chi connectivity index (χ0n) is 13.8. The number of ketones is 1. The summed E-state index contributed by atoms with van der Waals surface area (Å²) in [6.45, 7) is 1.88. The SMILES string of the molecule is CC=C(C(=O)CCCc1ccc2c(N)ncnc2c1)c1ccc(Cl)s1. The Morgan fingerprint density at radius 2 is 2.12 bits per heavy atom. The molecule has 0 amide bonds. The fourth-order valence-electron chi connectivity index (χ4n) is 2.77. The molecular weight excluding hydrogens is 354 g/mol. The Morgan fingerprint density at radius 3 is 2.84 bits per heavy atom. The van der Waals surface area contributed by atoms with Crippen LogP contribution in [-0.4, -0.2) is 15.8 Å². The maximum Gasteiger partial charge on any atom is 0.163 e.